The van der Waals surface area contributed by atoms with E-state index in [0.717, 1.165) is 12.8 Å². The van der Waals surface area contributed by atoms with Crippen molar-refractivity contribution in [2.24, 2.45) is 35.5 Å². The van der Waals surface area contributed by atoms with Gasteiger partial charge in [-0.1, -0.05) is 13.8 Å². The normalized spacial score (nSPS) is 45.5. The number of hydrogen-bond donors (Lipinski definition) is 0. The Morgan fingerprint density at radius 1 is 0.596 bits per heavy atom. The Hall–Kier alpha value is -0.880. The number of unbranched alkanes of at least 4 members (excludes halogenated alkanes) is 1. The Morgan fingerprint density at radius 3 is 1.38 bits per heavy atom. The molecule has 0 aromatic rings. The monoisotopic (exact) mass is 786 g/mol. The van der Waals surface area contributed by atoms with Crippen LogP contribution in [0, 0.1) is 35.5 Å². The topological polar surface area (TPSA) is 73.8 Å². The van der Waals surface area contributed by atoms with Crippen LogP contribution in [-0.4, -0.2) is 70.7 Å². The summed E-state index contributed by atoms with van der Waals surface area (Å²) in [6.45, 7) is 7.57. The van der Waals surface area contributed by atoms with E-state index in [0.29, 0.717) is 62.9 Å². The van der Waals surface area contributed by atoms with E-state index in [-0.39, 0.29) is 46.3 Å². The van der Waals surface area contributed by atoms with E-state index in [1.54, 1.807) is 13.8 Å². The van der Waals surface area contributed by atoms with E-state index in [2.05, 4.69) is 13.8 Å². The molecular formula is C36H48F6O8S2. The summed E-state index contributed by atoms with van der Waals surface area (Å²) < 4.78 is 111. The van der Waals surface area contributed by atoms with Gasteiger partial charge >= 0.3 is 12.4 Å². The van der Waals surface area contributed by atoms with Crippen LogP contribution in [0.25, 0.3) is 0 Å². The maximum Gasteiger partial charge on any atom is 0.449 e. The molecule has 2 spiro atoms. The van der Waals surface area contributed by atoms with Crippen molar-refractivity contribution >= 4 is 23.5 Å². The highest BCUT2D eigenvalue weighted by molar-refractivity contribution is 7.99. The van der Waals surface area contributed by atoms with Gasteiger partial charge in [-0.25, -0.2) is 19.6 Å². The Labute approximate surface area is 308 Å². The second-order valence-electron chi connectivity index (χ2n) is 16.5. The summed E-state index contributed by atoms with van der Waals surface area (Å²) in [4.78, 5) is 23.6. The first-order valence-corrected chi connectivity index (χ1v) is 21.0. The predicted octanol–water partition coefficient (Wildman–Crippen LogP) is 9.36. The molecule has 52 heavy (non-hydrogen) atoms. The number of thioether (sulfide) groups is 2. The Bertz CT molecular complexity index is 1350. The zero-order valence-electron chi connectivity index (χ0n) is 29.9. The zero-order valence-corrected chi connectivity index (χ0v) is 31.5. The molecule has 0 N–H and O–H groups in total. The first-order valence-electron chi connectivity index (χ1n) is 18.7. The molecule has 0 aromatic carbocycles. The molecule has 2 unspecified atom stereocenters. The highest BCUT2D eigenvalue weighted by atomic mass is 32.2. The quantitative estimate of drug-likeness (QED) is 0.128. The fourth-order valence-electron chi connectivity index (χ4n) is 10.6. The van der Waals surface area contributed by atoms with Crippen molar-refractivity contribution < 1.29 is 64.8 Å². The maximum atomic E-state index is 14.5. The molecule has 294 valence electrons. The van der Waals surface area contributed by atoms with Gasteiger partial charge in [-0.3, -0.25) is 0 Å². The number of rotatable bonds is 9. The summed E-state index contributed by atoms with van der Waals surface area (Å²) >= 11 is 2.81. The lowest BCUT2D eigenvalue weighted by Crippen LogP contribution is -2.67. The number of allylic oxidation sites excluding steroid dienone is 2. The molecule has 10 rings (SSSR count). The van der Waals surface area contributed by atoms with Crippen LogP contribution in [0.4, 0.5) is 26.3 Å². The van der Waals surface area contributed by atoms with Gasteiger partial charge in [-0.2, -0.15) is 49.9 Å². The average Bonchev–Trinajstić information content (AvgIpc) is 3.45. The van der Waals surface area contributed by atoms with Crippen molar-refractivity contribution in [1.82, 2.24) is 0 Å². The van der Waals surface area contributed by atoms with Gasteiger partial charge in [-0.15, -0.1) is 0 Å². The van der Waals surface area contributed by atoms with Gasteiger partial charge in [0.2, 0.25) is 35.7 Å². The molecule has 8 nitrogen and oxygen atoms in total. The minimum Gasteiger partial charge on any atom is -0.456 e. The molecule has 0 aromatic heterocycles. The summed E-state index contributed by atoms with van der Waals surface area (Å²) in [5.74, 6) is -3.75. The SMILES string of the molecule is C[C@@H]1CC[C@H]2C(CSCCCCSCC3=C(C(F)(F)F)O[C@@H]4O[C@]5(C)CCC6[C@H](C)CC[C@@H]3[C@]64OO5)=C(C(F)(F)F)O[C@@H]3O[C@]4(C)CCC1[C@]32OO4. The number of ether oxygens (including phenoxy) is 4. The summed E-state index contributed by atoms with van der Waals surface area (Å²) in [6.07, 6.45) is -5.46. The van der Waals surface area contributed by atoms with Gasteiger partial charge in [0.15, 0.2) is 11.2 Å². The molecule has 6 saturated heterocycles. The average molecular weight is 787 g/mol. The predicted molar refractivity (Wildman–Crippen MR) is 178 cm³/mol. The molecule has 12 atom stereocenters. The molecule has 10 aliphatic rings. The summed E-state index contributed by atoms with van der Waals surface area (Å²) in [5.41, 5.74) is -1.91. The smallest absolute Gasteiger partial charge is 0.449 e. The van der Waals surface area contributed by atoms with Crippen LogP contribution in [0.15, 0.2) is 22.7 Å². The summed E-state index contributed by atoms with van der Waals surface area (Å²) in [7, 11) is 0. The van der Waals surface area contributed by atoms with E-state index in [1.165, 1.54) is 23.5 Å². The Morgan fingerprint density at radius 2 is 1.00 bits per heavy atom. The first kappa shape index (κ1) is 38.0. The lowest BCUT2D eigenvalue weighted by molar-refractivity contribution is -0.557. The third-order valence-electron chi connectivity index (χ3n) is 13.2. The molecule has 2 aliphatic carbocycles. The molecule has 0 radical (unpaired) electrons. The fraction of sp³-hybridized carbons (Fsp3) is 0.889. The lowest BCUT2D eigenvalue weighted by atomic mass is 9.59. The molecule has 2 saturated carbocycles. The van der Waals surface area contributed by atoms with Crippen LogP contribution in [0.5, 0.6) is 0 Å². The fourth-order valence-corrected chi connectivity index (χ4v) is 12.8. The largest absolute Gasteiger partial charge is 0.456 e. The Kier molecular flexibility index (Phi) is 9.77. The van der Waals surface area contributed by atoms with E-state index < -0.39 is 71.1 Å². The molecule has 16 heteroatoms. The molecule has 8 fully saturated rings. The van der Waals surface area contributed by atoms with Crippen LogP contribution in [-0.2, 0) is 38.5 Å². The van der Waals surface area contributed by atoms with Crippen molar-refractivity contribution in [2.75, 3.05) is 23.0 Å². The first-order chi connectivity index (χ1) is 24.5. The Balaban J connectivity index is 0.909. The highest BCUT2D eigenvalue weighted by Gasteiger charge is 2.71. The van der Waals surface area contributed by atoms with Gasteiger partial charge in [-0.05, 0) is 99.7 Å². The van der Waals surface area contributed by atoms with Crippen molar-refractivity contribution in [2.45, 2.75) is 140 Å². The van der Waals surface area contributed by atoms with E-state index in [9.17, 15) is 26.3 Å². The van der Waals surface area contributed by atoms with Crippen molar-refractivity contribution in [1.29, 1.82) is 0 Å². The second kappa shape index (κ2) is 13.4. The zero-order chi connectivity index (χ0) is 36.9. The third kappa shape index (κ3) is 6.14. The van der Waals surface area contributed by atoms with Crippen LogP contribution >= 0.6 is 23.5 Å². The van der Waals surface area contributed by atoms with Crippen molar-refractivity contribution in [3.63, 3.8) is 0 Å². The minimum absolute atomic E-state index is 0.0733. The van der Waals surface area contributed by atoms with E-state index >= 15 is 0 Å². The van der Waals surface area contributed by atoms with Gasteiger partial charge in [0.05, 0.1) is 0 Å². The molecular weight excluding hydrogens is 739 g/mol. The van der Waals surface area contributed by atoms with Gasteiger partial charge in [0.25, 0.3) is 0 Å². The standard InChI is InChI=1S/C36H48F6O8S2/c1-19-7-9-25-21(27(35(37,38)39)43-29-33(25)23(19)11-13-31(3,45-29)47-49-33)17-51-15-5-6-16-52-18-22-26-10-8-20(2)24-12-14-32(4)46-30(34(24,26)50-48-32)44-28(22)36(40,41)42/h19-20,23-26,29-30H,5-18H2,1-4H3/t19-,20-,23?,24?,25+,26+,29-,30-,31+,32+,33-,34-/m1/s1. The van der Waals surface area contributed by atoms with Crippen LogP contribution < -0.4 is 0 Å². The summed E-state index contributed by atoms with van der Waals surface area (Å²) in [6, 6.07) is 0. The number of hydrogen-bond acceptors (Lipinski definition) is 10. The molecule has 4 bridgehead atoms. The van der Waals surface area contributed by atoms with E-state index in [4.69, 9.17) is 38.5 Å². The van der Waals surface area contributed by atoms with Crippen LogP contribution in [0.2, 0.25) is 0 Å². The highest BCUT2D eigenvalue weighted by Crippen LogP contribution is 2.63. The van der Waals surface area contributed by atoms with Gasteiger partial charge in [0.1, 0.15) is 0 Å². The summed E-state index contributed by atoms with van der Waals surface area (Å²) in [5, 5.41) is 0. The van der Waals surface area contributed by atoms with Crippen molar-refractivity contribution in [3.8, 4) is 0 Å². The molecule has 8 heterocycles. The third-order valence-corrected chi connectivity index (χ3v) is 15.4. The minimum atomic E-state index is -4.69. The van der Waals surface area contributed by atoms with Crippen LogP contribution in [0.3, 0.4) is 0 Å². The number of fused-ring (bicyclic) bond motifs is 4. The maximum absolute atomic E-state index is 14.5. The van der Waals surface area contributed by atoms with Crippen LogP contribution in [0.1, 0.15) is 91.9 Å². The number of halogens is 6. The van der Waals surface area contributed by atoms with Gasteiger partial charge in [0, 0.05) is 48.0 Å². The van der Waals surface area contributed by atoms with Crippen molar-refractivity contribution in [3.05, 3.63) is 22.7 Å². The number of alkyl halides is 6. The lowest BCUT2D eigenvalue weighted by Gasteiger charge is -2.57. The van der Waals surface area contributed by atoms with Gasteiger partial charge < -0.3 is 18.9 Å². The molecule has 0 amide bonds. The molecule has 8 aliphatic heterocycles. The second-order valence-corrected chi connectivity index (χ2v) is 18.7. The van der Waals surface area contributed by atoms with E-state index in [1.807, 2.05) is 0 Å².